The predicted octanol–water partition coefficient (Wildman–Crippen LogP) is 9.53. The minimum Gasteiger partial charge on any atom is -0.497 e. The smallest absolute Gasteiger partial charge is 0.410 e. The lowest BCUT2D eigenvalue weighted by Gasteiger charge is -2.26. The Morgan fingerprint density at radius 2 is 1.45 bits per heavy atom. The molecular weight excluding hydrogens is 945 g/mol. The molecule has 1 atom stereocenters. The number of hydrogen-bond donors (Lipinski definition) is 3. The van der Waals surface area contributed by atoms with E-state index in [0.717, 1.165) is 22.5 Å². The number of aromatic nitrogens is 5. The molecule has 2 aromatic heterocycles. The zero-order valence-electron chi connectivity index (χ0n) is 39.9. The molecule has 0 saturated carbocycles. The number of rotatable bonds is 15. The maximum absolute atomic E-state index is 16.3. The maximum atomic E-state index is 16.3. The van der Waals surface area contributed by atoms with Crippen molar-refractivity contribution in [3.63, 3.8) is 0 Å². The molecule has 71 heavy (non-hydrogen) atoms. The van der Waals surface area contributed by atoms with Crippen molar-refractivity contribution in [1.29, 1.82) is 0 Å². The predicted molar refractivity (Wildman–Crippen MR) is 270 cm³/mol. The summed E-state index contributed by atoms with van der Waals surface area (Å²) < 4.78 is 57.9. The van der Waals surface area contributed by atoms with E-state index in [2.05, 4.69) is 38.0 Å². The molecule has 0 aliphatic heterocycles. The topological polar surface area (TPSA) is 209 Å². The summed E-state index contributed by atoms with van der Waals surface area (Å²) in [5.41, 5.74) is 3.94. The Labute approximate surface area is 415 Å². The number of methoxy groups -OCH3 is 3. The van der Waals surface area contributed by atoms with Crippen molar-refractivity contribution in [2.75, 3.05) is 26.6 Å². The summed E-state index contributed by atoms with van der Waals surface area (Å²) >= 11 is 1.14. The van der Waals surface area contributed by atoms with Crippen molar-refractivity contribution in [1.82, 2.24) is 34.8 Å². The first kappa shape index (κ1) is 49.6. The number of benzene rings is 5. The lowest BCUT2D eigenvalue weighted by Crippen LogP contribution is -2.39. The molecule has 2 heterocycles. The fourth-order valence-electron chi connectivity index (χ4n) is 8.03. The van der Waals surface area contributed by atoms with Gasteiger partial charge in [0.05, 0.1) is 43.7 Å². The monoisotopic (exact) mass is 996 g/mol. The number of tetrazole rings is 1. The van der Waals surface area contributed by atoms with E-state index in [1.807, 2.05) is 60.7 Å². The Bertz CT molecular complexity index is 3210. The van der Waals surface area contributed by atoms with Gasteiger partial charge in [-0.1, -0.05) is 83.9 Å². The van der Waals surface area contributed by atoms with Crippen LogP contribution in [0.3, 0.4) is 0 Å². The number of amides is 2. The third-order valence-corrected chi connectivity index (χ3v) is 14.3. The SMILES string of the molecule is COc1ccc(CN(Cc2ccc(OC)cc2)S(=O)(=O)c2c(C#CC3=CCC(NC(=O)OC(C)(C)C)CC3)ccc(-c3cccc4sc(NC(=O)O)nc34)c2-c2nnnn2Cc2ccc(OC)cc2)cc1. The van der Waals surface area contributed by atoms with Gasteiger partial charge in [-0.05, 0) is 127 Å². The number of fused-ring (bicyclic) bond motifs is 1. The van der Waals surface area contributed by atoms with Gasteiger partial charge in [0.25, 0.3) is 0 Å². The molecule has 1 aliphatic rings. The van der Waals surface area contributed by atoms with Gasteiger partial charge < -0.3 is 29.4 Å². The van der Waals surface area contributed by atoms with Crippen molar-refractivity contribution in [3.8, 4) is 51.6 Å². The number of sulfonamides is 1. The molecule has 1 aliphatic carbocycles. The second-order valence-electron chi connectivity index (χ2n) is 17.5. The quantitative estimate of drug-likeness (QED) is 0.0819. The minimum absolute atomic E-state index is 0.0608. The summed E-state index contributed by atoms with van der Waals surface area (Å²) in [5.74, 6) is 8.54. The number of nitrogens with zero attached hydrogens (tertiary/aromatic N) is 6. The van der Waals surface area contributed by atoms with Crippen LogP contribution in [0, 0.1) is 11.8 Å². The second kappa shape index (κ2) is 21.5. The second-order valence-corrected chi connectivity index (χ2v) is 20.4. The molecule has 7 aromatic rings. The van der Waals surface area contributed by atoms with Crippen LogP contribution in [0.25, 0.3) is 32.7 Å². The molecule has 17 nitrogen and oxygen atoms in total. The number of para-hydroxylation sites is 1. The molecule has 3 N–H and O–H groups in total. The number of alkyl carbamates (subject to hydrolysis) is 1. The molecule has 2 amide bonds. The van der Waals surface area contributed by atoms with Crippen LogP contribution in [-0.4, -0.2) is 88.2 Å². The molecule has 19 heteroatoms. The van der Waals surface area contributed by atoms with Gasteiger partial charge in [-0.15, -0.1) is 5.10 Å². The first-order valence-electron chi connectivity index (χ1n) is 22.5. The molecule has 5 aromatic carbocycles. The van der Waals surface area contributed by atoms with E-state index >= 15 is 8.42 Å². The van der Waals surface area contributed by atoms with E-state index in [1.54, 1.807) is 90.6 Å². The normalized spacial score (nSPS) is 13.7. The Balaban J connectivity index is 1.36. The van der Waals surface area contributed by atoms with Crippen LogP contribution in [0.4, 0.5) is 14.7 Å². The highest BCUT2D eigenvalue weighted by Crippen LogP contribution is 2.43. The molecule has 0 spiro atoms. The first-order chi connectivity index (χ1) is 34.1. The Morgan fingerprint density at radius 1 is 0.831 bits per heavy atom. The van der Waals surface area contributed by atoms with Crippen molar-refractivity contribution >= 4 is 48.9 Å². The van der Waals surface area contributed by atoms with E-state index in [-0.39, 0.29) is 52.7 Å². The lowest BCUT2D eigenvalue weighted by atomic mass is 9.94. The third kappa shape index (κ3) is 12.0. The average Bonchev–Trinajstić information content (AvgIpc) is 3.99. The molecular formula is C52H52N8O9S2. The summed E-state index contributed by atoms with van der Waals surface area (Å²) in [6.07, 6.45) is 1.76. The summed E-state index contributed by atoms with van der Waals surface area (Å²) in [5, 5.41) is 28.2. The molecule has 8 rings (SSSR count). The van der Waals surface area contributed by atoms with Crippen LogP contribution in [0.5, 0.6) is 17.2 Å². The molecule has 0 fully saturated rings. The third-order valence-electron chi connectivity index (χ3n) is 11.5. The number of thiazole rings is 1. The van der Waals surface area contributed by atoms with Gasteiger partial charge in [-0.3, -0.25) is 5.32 Å². The first-order valence-corrected chi connectivity index (χ1v) is 24.8. The zero-order chi connectivity index (χ0) is 50.3. The van der Waals surface area contributed by atoms with E-state index in [9.17, 15) is 14.7 Å². The van der Waals surface area contributed by atoms with Crippen LogP contribution in [0.15, 0.2) is 120 Å². The number of ether oxygens (including phenoxy) is 4. The standard InChI is InChI=1S/C52H52N8O9S2/c1-52(2,3)69-51(63)53-38-21-11-33(12-22-38)10-19-37-20-29-42(43-8-7-9-44-46(43)54-49(70-44)55-50(61)62)45(48-56-57-58-60(48)32-36-17-27-41(68-6)28-18-36)47(37)71(64,65)59(30-34-13-23-39(66-4)24-14-34)31-35-15-25-40(67-5)26-16-35/h7-9,11,13-18,20,23-29,38H,12,21-22,30-32H2,1-6H3,(H,53,63)(H,54,55)(H,61,62). The van der Waals surface area contributed by atoms with E-state index < -0.39 is 27.8 Å². The van der Waals surface area contributed by atoms with Gasteiger partial charge in [0.2, 0.25) is 10.0 Å². The highest BCUT2D eigenvalue weighted by Gasteiger charge is 2.35. The number of nitrogens with one attached hydrogen (secondary N) is 2. The number of allylic oxidation sites excluding steroid dienone is 1. The summed E-state index contributed by atoms with van der Waals surface area (Å²) in [7, 11) is 0.0586. The highest BCUT2D eigenvalue weighted by molar-refractivity contribution is 7.89. The highest BCUT2D eigenvalue weighted by atomic mass is 32.2. The van der Waals surface area contributed by atoms with Gasteiger partial charge in [0, 0.05) is 30.3 Å². The zero-order valence-corrected chi connectivity index (χ0v) is 41.6. The van der Waals surface area contributed by atoms with E-state index in [4.69, 9.17) is 23.9 Å². The van der Waals surface area contributed by atoms with Gasteiger partial charge in [0.15, 0.2) is 11.0 Å². The Morgan fingerprint density at radius 3 is 2.01 bits per heavy atom. The van der Waals surface area contributed by atoms with Crippen molar-refractivity contribution in [3.05, 3.63) is 137 Å². The van der Waals surface area contributed by atoms with Crippen molar-refractivity contribution in [2.45, 2.75) is 76.2 Å². The van der Waals surface area contributed by atoms with Gasteiger partial charge >= 0.3 is 12.2 Å². The molecule has 0 radical (unpaired) electrons. The fraction of sp³-hybridized carbons (Fsp3) is 0.269. The van der Waals surface area contributed by atoms with E-state index in [1.165, 1.54) is 8.99 Å². The molecule has 1 unspecified atom stereocenters. The number of carbonyl (C=O) groups is 2. The Kier molecular flexibility index (Phi) is 15.0. The number of carbonyl (C=O) groups excluding carboxylic acids is 1. The van der Waals surface area contributed by atoms with Crippen LogP contribution >= 0.6 is 11.3 Å². The lowest BCUT2D eigenvalue weighted by molar-refractivity contribution is 0.0501. The largest absolute Gasteiger partial charge is 0.497 e. The summed E-state index contributed by atoms with van der Waals surface area (Å²) in [6.45, 7) is 5.44. The van der Waals surface area contributed by atoms with E-state index in [0.29, 0.717) is 69.0 Å². The Hall–Kier alpha value is -7.79. The van der Waals surface area contributed by atoms with Crippen molar-refractivity contribution in [2.24, 2.45) is 0 Å². The van der Waals surface area contributed by atoms with Crippen LogP contribution < -0.4 is 24.8 Å². The number of anilines is 1. The van der Waals surface area contributed by atoms with Crippen LogP contribution in [-0.2, 0) is 34.4 Å². The van der Waals surface area contributed by atoms with Gasteiger partial charge in [-0.25, -0.2) is 27.7 Å². The van der Waals surface area contributed by atoms with Crippen molar-refractivity contribution < 1.29 is 42.1 Å². The molecule has 366 valence electrons. The van der Waals surface area contributed by atoms with Crippen LogP contribution in [0.2, 0.25) is 0 Å². The summed E-state index contributed by atoms with van der Waals surface area (Å²) in [4.78, 5) is 28.9. The fourth-order valence-corrected chi connectivity index (χ4v) is 10.7. The molecule has 0 bridgehead atoms. The maximum Gasteiger partial charge on any atom is 0.410 e. The minimum atomic E-state index is -4.65. The van der Waals surface area contributed by atoms with Gasteiger partial charge in [-0.2, -0.15) is 4.31 Å². The average molecular weight is 997 g/mol. The summed E-state index contributed by atoms with van der Waals surface area (Å²) in [6, 6.07) is 30.4. The number of carboxylic acid groups (broad SMARTS) is 1. The van der Waals surface area contributed by atoms with Crippen LogP contribution in [0.1, 0.15) is 62.3 Å². The van der Waals surface area contributed by atoms with Gasteiger partial charge in [0.1, 0.15) is 27.7 Å². The number of hydrogen-bond acceptors (Lipinski definition) is 13. The molecule has 0 saturated heterocycles.